The van der Waals surface area contributed by atoms with Crippen LogP contribution in [0.15, 0.2) is 30.3 Å². The van der Waals surface area contributed by atoms with Crippen molar-refractivity contribution in [3.05, 3.63) is 52.8 Å². The average molecular weight is 385 g/mol. The molecule has 0 aliphatic heterocycles. The Balaban J connectivity index is 2.69. The Morgan fingerprint density at radius 3 is 2.37 bits per heavy atom. The van der Waals surface area contributed by atoms with Crippen LogP contribution in [-0.4, -0.2) is 18.3 Å². The zero-order valence-corrected chi connectivity index (χ0v) is 14.9. The van der Waals surface area contributed by atoms with Crippen molar-refractivity contribution in [3.8, 4) is 16.9 Å². The number of alkyl halides is 3. The molecule has 0 bridgehead atoms. The molecule has 8 heteroatoms. The van der Waals surface area contributed by atoms with Crippen LogP contribution in [0.5, 0.6) is 5.75 Å². The molecule has 4 nitrogen and oxygen atoms in total. The molecule has 0 heterocycles. The summed E-state index contributed by atoms with van der Waals surface area (Å²) in [5.74, 6) is -0.499. The van der Waals surface area contributed by atoms with Crippen LogP contribution in [0.25, 0.3) is 11.1 Å². The molecule has 0 saturated heterocycles. The minimum atomic E-state index is -4.58. The second-order valence-electron chi connectivity index (χ2n) is 6.26. The highest BCUT2D eigenvalue weighted by Gasteiger charge is 2.31. The number of carboxylic acid groups (broad SMARTS) is 1. The molecule has 2 N–H and O–H groups in total. The summed E-state index contributed by atoms with van der Waals surface area (Å²) in [4.78, 5) is 10.8. The van der Waals surface area contributed by atoms with Crippen molar-refractivity contribution < 1.29 is 32.2 Å². The number of ether oxygens (including phenoxy) is 1. The summed E-state index contributed by atoms with van der Waals surface area (Å²) in [5, 5.41) is 10.9. The Morgan fingerprint density at radius 2 is 1.85 bits per heavy atom. The molecule has 0 aliphatic carbocycles. The van der Waals surface area contributed by atoms with E-state index in [-0.39, 0.29) is 23.8 Å². The summed E-state index contributed by atoms with van der Waals surface area (Å²) in [6.07, 6.45) is -5.95. The van der Waals surface area contributed by atoms with E-state index in [1.54, 1.807) is 13.8 Å². The highest BCUT2D eigenvalue weighted by Crippen LogP contribution is 2.39. The van der Waals surface area contributed by atoms with E-state index in [1.807, 2.05) is 0 Å². The van der Waals surface area contributed by atoms with Gasteiger partial charge in [-0.3, -0.25) is 0 Å². The molecule has 27 heavy (non-hydrogen) atoms. The average Bonchev–Trinajstić information content (AvgIpc) is 2.58. The number of nitrogens with one attached hydrogen (secondary N) is 1. The molecule has 0 unspecified atom stereocenters. The van der Waals surface area contributed by atoms with Crippen molar-refractivity contribution in [2.45, 2.75) is 32.5 Å². The molecule has 0 aliphatic rings. The first-order valence-electron chi connectivity index (χ1n) is 8.09. The topological polar surface area (TPSA) is 58.6 Å². The molecule has 0 fully saturated rings. The van der Waals surface area contributed by atoms with Gasteiger partial charge >= 0.3 is 12.3 Å². The third-order valence-electron chi connectivity index (χ3n) is 4.09. The third-order valence-corrected chi connectivity index (χ3v) is 4.09. The van der Waals surface area contributed by atoms with Gasteiger partial charge in [-0.1, -0.05) is 19.9 Å². The molecule has 2 aromatic carbocycles. The molecule has 146 valence electrons. The SMILES string of the molecule is COc1cc(F)c(C(C)C)cc1-c1ccc(C(F)(F)F)cc1CNC(=O)O. The Morgan fingerprint density at radius 1 is 1.19 bits per heavy atom. The highest BCUT2D eigenvalue weighted by atomic mass is 19.4. The van der Waals surface area contributed by atoms with Gasteiger partial charge in [0, 0.05) is 18.2 Å². The normalized spacial score (nSPS) is 11.6. The smallest absolute Gasteiger partial charge is 0.416 e. The first-order valence-corrected chi connectivity index (χ1v) is 8.09. The fourth-order valence-corrected chi connectivity index (χ4v) is 2.74. The summed E-state index contributed by atoms with van der Waals surface area (Å²) >= 11 is 0. The quantitative estimate of drug-likeness (QED) is 0.677. The maximum atomic E-state index is 14.2. The lowest BCUT2D eigenvalue weighted by Crippen LogP contribution is -2.21. The molecule has 0 saturated carbocycles. The molecule has 0 aromatic heterocycles. The number of methoxy groups -OCH3 is 1. The van der Waals surface area contributed by atoms with E-state index in [0.717, 1.165) is 12.1 Å². The van der Waals surface area contributed by atoms with E-state index in [4.69, 9.17) is 9.84 Å². The summed E-state index contributed by atoms with van der Waals surface area (Å²) in [6.45, 7) is 3.23. The minimum Gasteiger partial charge on any atom is -0.496 e. The van der Waals surface area contributed by atoms with Gasteiger partial charge in [0.25, 0.3) is 0 Å². The lowest BCUT2D eigenvalue weighted by atomic mass is 9.92. The molecule has 0 spiro atoms. The molecule has 1 amide bonds. The zero-order chi connectivity index (χ0) is 20.4. The lowest BCUT2D eigenvalue weighted by molar-refractivity contribution is -0.137. The van der Waals surface area contributed by atoms with Crippen molar-refractivity contribution >= 4 is 6.09 Å². The van der Waals surface area contributed by atoms with Crippen LogP contribution in [-0.2, 0) is 12.7 Å². The van der Waals surface area contributed by atoms with Gasteiger partial charge in [0.2, 0.25) is 0 Å². The molecule has 0 radical (unpaired) electrons. The van der Waals surface area contributed by atoms with Gasteiger partial charge in [0.05, 0.1) is 12.7 Å². The van der Waals surface area contributed by atoms with Crippen LogP contribution in [0.4, 0.5) is 22.4 Å². The number of halogens is 4. The Bertz CT molecular complexity index is 848. The van der Waals surface area contributed by atoms with E-state index in [1.165, 1.54) is 25.3 Å². The summed E-state index contributed by atoms with van der Waals surface area (Å²) in [5.41, 5.74) is 0.294. The van der Waals surface area contributed by atoms with E-state index < -0.39 is 23.7 Å². The number of rotatable bonds is 5. The predicted octanol–water partition coefficient (Wildman–Crippen LogP) is 5.41. The van der Waals surface area contributed by atoms with Gasteiger partial charge in [0.15, 0.2) is 0 Å². The minimum absolute atomic E-state index is 0.104. The van der Waals surface area contributed by atoms with Crippen molar-refractivity contribution in [2.75, 3.05) is 7.11 Å². The van der Waals surface area contributed by atoms with Gasteiger partial charge < -0.3 is 15.2 Å². The molecule has 2 aromatic rings. The van der Waals surface area contributed by atoms with Crippen molar-refractivity contribution in [3.63, 3.8) is 0 Å². The van der Waals surface area contributed by atoms with Crippen molar-refractivity contribution in [1.29, 1.82) is 0 Å². The maximum Gasteiger partial charge on any atom is 0.416 e. The van der Waals surface area contributed by atoms with Crippen LogP contribution >= 0.6 is 0 Å². The summed E-state index contributed by atoms with van der Waals surface area (Å²) in [7, 11) is 1.33. The zero-order valence-electron chi connectivity index (χ0n) is 14.9. The van der Waals surface area contributed by atoms with Gasteiger partial charge in [-0.2, -0.15) is 13.2 Å². The van der Waals surface area contributed by atoms with Crippen LogP contribution in [0.2, 0.25) is 0 Å². The van der Waals surface area contributed by atoms with Crippen LogP contribution in [0.3, 0.4) is 0 Å². The maximum absolute atomic E-state index is 14.2. The fraction of sp³-hybridized carbons (Fsp3) is 0.316. The van der Waals surface area contributed by atoms with Crippen molar-refractivity contribution in [1.82, 2.24) is 5.32 Å². The van der Waals surface area contributed by atoms with E-state index in [0.29, 0.717) is 16.7 Å². The molecular formula is C19H19F4NO3. The highest BCUT2D eigenvalue weighted by molar-refractivity contribution is 5.75. The van der Waals surface area contributed by atoms with Gasteiger partial charge in [-0.15, -0.1) is 0 Å². The van der Waals surface area contributed by atoms with E-state index >= 15 is 0 Å². The first-order chi connectivity index (χ1) is 12.5. The number of carbonyl (C=O) groups is 1. The Kier molecular flexibility index (Phi) is 5.98. The van der Waals surface area contributed by atoms with Gasteiger partial charge in [-0.25, -0.2) is 9.18 Å². The van der Waals surface area contributed by atoms with Crippen LogP contribution in [0, 0.1) is 5.82 Å². The third kappa shape index (κ3) is 4.69. The summed E-state index contributed by atoms with van der Waals surface area (Å²) < 4.78 is 58.6. The largest absolute Gasteiger partial charge is 0.496 e. The predicted molar refractivity (Wildman–Crippen MR) is 92.3 cm³/mol. The number of amides is 1. The lowest BCUT2D eigenvalue weighted by Gasteiger charge is -2.18. The number of benzene rings is 2. The molecular weight excluding hydrogens is 366 g/mol. The monoisotopic (exact) mass is 385 g/mol. The standard InChI is InChI=1S/C19H19F4NO3/c1-10(2)14-7-15(17(27-3)8-16(14)20)13-5-4-12(19(21,22)23)6-11(13)9-24-18(25)26/h4-8,10,24H,9H2,1-3H3,(H,25,26). The second kappa shape index (κ2) is 7.85. The van der Waals surface area contributed by atoms with E-state index in [2.05, 4.69) is 5.32 Å². The fourth-order valence-electron chi connectivity index (χ4n) is 2.74. The van der Waals surface area contributed by atoms with Crippen LogP contribution in [0.1, 0.15) is 36.5 Å². The van der Waals surface area contributed by atoms with E-state index in [9.17, 15) is 22.4 Å². The second-order valence-corrected chi connectivity index (χ2v) is 6.26. The Hall–Kier alpha value is -2.77. The number of hydrogen-bond donors (Lipinski definition) is 2. The van der Waals surface area contributed by atoms with Crippen molar-refractivity contribution in [2.24, 2.45) is 0 Å². The molecule has 0 atom stereocenters. The molecule has 2 rings (SSSR count). The number of hydrogen-bond acceptors (Lipinski definition) is 2. The summed E-state index contributed by atoms with van der Waals surface area (Å²) in [6, 6.07) is 5.71. The van der Waals surface area contributed by atoms with Crippen LogP contribution < -0.4 is 10.1 Å². The van der Waals surface area contributed by atoms with Gasteiger partial charge in [0.1, 0.15) is 11.6 Å². The van der Waals surface area contributed by atoms with Gasteiger partial charge in [-0.05, 0) is 40.8 Å². The Labute approximate surface area is 153 Å². The first kappa shape index (κ1) is 20.5.